The molecule has 0 heterocycles. The number of halogens is 2. The molecule has 0 aliphatic rings. The molecule has 21 heavy (non-hydrogen) atoms. The quantitative estimate of drug-likeness (QED) is 0.888. The van der Waals surface area contributed by atoms with E-state index < -0.39 is 28.9 Å². The standard InChI is InChI=1S/C15H13F2NO3/c1-18-11-7-10(16)14(13(17)12(11)15(19)20)21-8-9-5-3-2-4-6-9/h2-7,18H,8H2,1H3,(H,19,20). The third kappa shape index (κ3) is 3.10. The Labute approximate surface area is 120 Å². The minimum absolute atomic E-state index is 0.0629. The van der Waals surface area contributed by atoms with Crippen LogP contribution in [0.4, 0.5) is 14.5 Å². The molecule has 0 unspecified atom stereocenters. The molecule has 110 valence electrons. The number of aromatic carboxylic acids is 1. The van der Waals surface area contributed by atoms with Crippen LogP contribution in [0.15, 0.2) is 36.4 Å². The summed E-state index contributed by atoms with van der Waals surface area (Å²) in [6, 6.07) is 9.68. The molecule has 0 spiro atoms. The topological polar surface area (TPSA) is 58.6 Å². The number of benzene rings is 2. The summed E-state index contributed by atoms with van der Waals surface area (Å²) in [6.45, 7) is -0.0629. The van der Waals surface area contributed by atoms with Gasteiger partial charge >= 0.3 is 5.97 Å². The first-order valence-corrected chi connectivity index (χ1v) is 6.14. The lowest BCUT2D eigenvalue weighted by molar-refractivity contribution is 0.0691. The predicted octanol–water partition coefficient (Wildman–Crippen LogP) is 3.28. The van der Waals surface area contributed by atoms with E-state index in [4.69, 9.17) is 9.84 Å². The molecule has 2 aromatic rings. The van der Waals surface area contributed by atoms with Gasteiger partial charge in [-0.2, -0.15) is 0 Å². The van der Waals surface area contributed by atoms with Crippen LogP contribution in [0.5, 0.6) is 5.75 Å². The van der Waals surface area contributed by atoms with Gasteiger partial charge in [0.1, 0.15) is 12.2 Å². The van der Waals surface area contributed by atoms with Crippen LogP contribution in [-0.4, -0.2) is 18.1 Å². The monoisotopic (exact) mass is 293 g/mol. The van der Waals surface area contributed by atoms with Crippen molar-refractivity contribution in [1.29, 1.82) is 0 Å². The van der Waals surface area contributed by atoms with Crippen LogP contribution < -0.4 is 10.1 Å². The maximum atomic E-state index is 14.1. The zero-order valence-electron chi connectivity index (χ0n) is 11.2. The number of hydrogen-bond donors (Lipinski definition) is 2. The molecule has 0 fully saturated rings. The number of nitrogens with one attached hydrogen (secondary N) is 1. The molecule has 0 atom stereocenters. The van der Waals surface area contributed by atoms with E-state index in [2.05, 4.69) is 5.32 Å². The molecule has 0 saturated carbocycles. The molecule has 2 rings (SSSR count). The van der Waals surface area contributed by atoms with E-state index in [0.717, 1.165) is 6.07 Å². The summed E-state index contributed by atoms with van der Waals surface area (Å²) in [7, 11) is 1.38. The van der Waals surface area contributed by atoms with Crippen molar-refractivity contribution >= 4 is 11.7 Å². The summed E-state index contributed by atoms with van der Waals surface area (Å²) in [5.41, 5.74) is -0.0857. The second-order valence-electron chi connectivity index (χ2n) is 4.25. The summed E-state index contributed by atoms with van der Waals surface area (Å²) >= 11 is 0. The molecule has 0 radical (unpaired) electrons. The first-order chi connectivity index (χ1) is 10.0. The van der Waals surface area contributed by atoms with Gasteiger partial charge in [-0.05, 0) is 5.56 Å². The molecular weight excluding hydrogens is 280 g/mol. The summed E-state index contributed by atoms with van der Waals surface area (Å²) in [5.74, 6) is -4.39. The molecule has 4 nitrogen and oxygen atoms in total. The Morgan fingerprint density at radius 2 is 1.95 bits per heavy atom. The number of carboxylic acids is 1. The average molecular weight is 293 g/mol. The lowest BCUT2D eigenvalue weighted by atomic mass is 10.1. The number of hydrogen-bond acceptors (Lipinski definition) is 3. The van der Waals surface area contributed by atoms with Crippen LogP contribution in [0.2, 0.25) is 0 Å². The number of anilines is 1. The molecule has 0 amide bonds. The van der Waals surface area contributed by atoms with Crippen molar-refractivity contribution in [2.75, 3.05) is 12.4 Å². The Hall–Kier alpha value is -2.63. The van der Waals surface area contributed by atoms with Crippen LogP contribution in [0.1, 0.15) is 15.9 Å². The Bertz CT molecular complexity index is 660. The first-order valence-electron chi connectivity index (χ1n) is 6.14. The van der Waals surface area contributed by atoms with Crippen molar-refractivity contribution in [3.8, 4) is 5.75 Å². The molecule has 6 heteroatoms. The van der Waals surface area contributed by atoms with Gasteiger partial charge in [0, 0.05) is 13.1 Å². The molecule has 0 saturated heterocycles. The van der Waals surface area contributed by atoms with Gasteiger partial charge in [-0.3, -0.25) is 0 Å². The minimum Gasteiger partial charge on any atom is -0.483 e. The highest BCUT2D eigenvalue weighted by Gasteiger charge is 2.24. The molecule has 0 aliphatic heterocycles. The van der Waals surface area contributed by atoms with Gasteiger partial charge in [0.2, 0.25) is 0 Å². The van der Waals surface area contributed by atoms with E-state index in [1.165, 1.54) is 7.05 Å². The fourth-order valence-corrected chi connectivity index (χ4v) is 1.87. The maximum Gasteiger partial charge on any atom is 0.340 e. The van der Waals surface area contributed by atoms with Crippen molar-refractivity contribution in [1.82, 2.24) is 0 Å². The van der Waals surface area contributed by atoms with Crippen molar-refractivity contribution in [3.63, 3.8) is 0 Å². The third-order valence-electron chi connectivity index (χ3n) is 2.89. The van der Waals surface area contributed by atoms with E-state index in [0.29, 0.717) is 5.56 Å². The molecule has 0 bridgehead atoms. The van der Waals surface area contributed by atoms with Crippen LogP contribution in [0.3, 0.4) is 0 Å². The van der Waals surface area contributed by atoms with E-state index >= 15 is 0 Å². The number of ether oxygens (including phenoxy) is 1. The zero-order chi connectivity index (χ0) is 15.4. The van der Waals surface area contributed by atoms with Crippen molar-refractivity contribution < 1.29 is 23.4 Å². The second-order valence-corrected chi connectivity index (χ2v) is 4.25. The average Bonchev–Trinajstić information content (AvgIpc) is 2.46. The van der Waals surface area contributed by atoms with Gasteiger partial charge in [-0.25, -0.2) is 13.6 Å². The largest absolute Gasteiger partial charge is 0.483 e. The van der Waals surface area contributed by atoms with Crippen molar-refractivity contribution in [2.24, 2.45) is 0 Å². The molecule has 0 aliphatic carbocycles. The molecular formula is C15H13F2NO3. The lowest BCUT2D eigenvalue weighted by Crippen LogP contribution is -2.10. The van der Waals surface area contributed by atoms with E-state index in [1.54, 1.807) is 30.3 Å². The predicted molar refractivity (Wildman–Crippen MR) is 73.6 cm³/mol. The number of carboxylic acid groups (broad SMARTS) is 1. The highest BCUT2D eigenvalue weighted by molar-refractivity contribution is 5.95. The van der Waals surface area contributed by atoms with Crippen molar-refractivity contribution in [3.05, 3.63) is 59.2 Å². The minimum atomic E-state index is -1.50. The zero-order valence-corrected chi connectivity index (χ0v) is 11.2. The number of carbonyl (C=O) groups is 1. The highest BCUT2D eigenvalue weighted by Crippen LogP contribution is 2.31. The second kappa shape index (κ2) is 6.21. The Kier molecular flexibility index (Phi) is 4.37. The van der Waals surface area contributed by atoms with Crippen LogP contribution >= 0.6 is 0 Å². The highest BCUT2D eigenvalue weighted by atomic mass is 19.1. The fourth-order valence-electron chi connectivity index (χ4n) is 1.87. The summed E-state index contributed by atoms with van der Waals surface area (Å²) in [6.07, 6.45) is 0. The van der Waals surface area contributed by atoms with Gasteiger partial charge in [0.25, 0.3) is 0 Å². The maximum absolute atomic E-state index is 14.1. The summed E-state index contributed by atoms with van der Waals surface area (Å²) in [4.78, 5) is 11.1. The van der Waals surface area contributed by atoms with E-state index in [-0.39, 0.29) is 12.3 Å². The lowest BCUT2D eigenvalue weighted by Gasteiger charge is -2.13. The van der Waals surface area contributed by atoms with Crippen molar-refractivity contribution in [2.45, 2.75) is 6.61 Å². The van der Waals surface area contributed by atoms with Crippen LogP contribution in [-0.2, 0) is 6.61 Å². The Balaban J connectivity index is 2.35. The summed E-state index contributed by atoms with van der Waals surface area (Å²) in [5, 5.41) is 11.5. The Morgan fingerprint density at radius 1 is 1.29 bits per heavy atom. The number of rotatable bonds is 5. The first kappa shape index (κ1) is 14.8. The van der Waals surface area contributed by atoms with Gasteiger partial charge in [0.05, 0.1) is 5.69 Å². The SMILES string of the molecule is CNc1cc(F)c(OCc2ccccc2)c(F)c1C(=O)O. The van der Waals surface area contributed by atoms with Gasteiger partial charge in [-0.15, -0.1) is 0 Å². The van der Waals surface area contributed by atoms with Gasteiger partial charge < -0.3 is 15.2 Å². The third-order valence-corrected chi connectivity index (χ3v) is 2.89. The van der Waals surface area contributed by atoms with E-state index in [1.807, 2.05) is 0 Å². The van der Waals surface area contributed by atoms with Gasteiger partial charge in [0.15, 0.2) is 17.4 Å². The summed E-state index contributed by atoms with van der Waals surface area (Å²) < 4.78 is 33.1. The molecule has 0 aromatic heterocycles. The van der Waals surface area contributed by atoms with Gasteiger partial charge in [-0.1, -0.05) is 30.3 Å². The fraction of sp³-hybridized carbons (Fsp3) is 0.133. The smallest absolute Gasteiger partial charge is 0.340 e. The van der Waals surface area contributed by atoms with Crippen LogP contribution in [0.25, 0.3) is 0 Å². The molecule has 2 aromatic carbocycles. The molecule has 2 N–H and O–H groups in total. The van der Waals surface area contributed by atoms with E-state index in [9.17, 15) is 13.6 Å². The Morgan fingerprint density at radius 3 is 2.52 bits per heavy atom. The van der Waals surface area contributed by atoms with Crippen LogP contribution in [0, 0.1) is 11.6 Å². The normalized spacial score (nSPS) is 10.2.